The van der Waals surface area contributed by atoms with E-state index < -0.39 is 50.9 Å². The number of nitrogens with one attached hydrogen (secondary N) is 1. The second-order valence-electron chi connectivity index (χ2n) is 8.82. The number of benzene rings is 2. The number of rotatable bonds is 10. The predicted molar refractivity (Wildman–Crippen MR) is 145 cm³/mol. The van der Waals surface area contributed by atoms with E-state index in [1.807, 2.05) is 0 Å². The van der Waals surface area contributed by atoms with Crippen LogP contribution in [0.15, 0.2) is 73.3 Å². The van der Waals surface area contributed by atoms with Crippen LogP contribution in [0.5, 0.6) is 11.5 Å². The first-order chi connectivity index (χ1) is 19.7. The Morgan fingerprint density at radius 1 is 0.951 bits per heavy atom. The van der Waals surface area contributed by atoms with Crippen LogP contribution in [0.25, 0.3) is 11.2 Å². The quantitative estimate of drug-likeness (QED) is 0.155. The molecule has 0 aliphatic carbocycles. The molecule has 1 aliphatic heterocycles. The monoisotopic (exact) mass is 600 g/mol. The number of carbonyl (C=O) groups is 2. The number of hydrogen-bond donors (Lipinski definition) is 1. The van der Waals surface area contributed by atoms with E-state index >= 15 is 0 Å². The lowest BCUT2D eigenvalue weighted by atomic mass is 10.1. The van der Waals surface area contributed by atoms with Gasteiger partial charge in [-0.15, -0.1) is 0 Å². The van der Waals surface area contributed by atoms with Gasteiger partial charge in [0.25, 0.3) is 0 Å². The molecule has 4 atom stereocenters. The van der Waals surface area contributed by atoms with Gasteiger partial charge in [0.1, 0.15) is 28.8 Å². The minimum absolute atomic E-state index is 0.236. The van der Waals surface area contributed by atoms with Crippen LogP contribution in [0.4, 0.5) is 0 Å². The van der Waals surface area contributed by atoms with Gasteiger partial charge in [-0.25, -0.2) is 14.5 Å². The van der Waals surface area contributed by atoms with E-state index in [0.29, 0.717) is 11.2 Å². The molecule has 214 valence electrons. The fraction of sp³-hybridized carbons (Fsp3) is 0.269. The number of nitrogens with zero attached hydrogens (tertiary/aromatic N) is 3. The highest BCUT2D eigenvalue weighted by molar-refractivity contribution is 7.71. The lowest BCUT2D eigenvalue weighted by Crippen LogP contribution is -2.40. The van der Waals surface area contributed by atoms with Gasteiger partial charge >= 0.3 is 19.8 Å². The number of esters is 2. The number of fused-ring (bicyclic) bond motifs is 1. The number of imidazole rings is 1. The van der Waals surface area contributed by atoms with Gasteiger partial charge < -0.3 is 28.2 Å². The van der Waals surface area contributed by atoms with Crippen molar-refractivity contribution in [1.29, 1.82) is 0 Å². The van der Waals surface area contributed by atoms with Crippen LogP contribution >= 0.6 is 20.0 Å². The van der Waals surface area contributed by atoms with Gasteiger partial charge in [-0.1, -0.05) is 48.6 Å². The van der Waals surface area contributed by atoms with Gasteiger partial charge in [0, 0.05) is 13.8 Å². The molecule has 41 heavy (non-hydrogen) atoms. The molecule has 2 aromatic heterocycles. The normalized spacial score (nSPS) is 20.4. The Hall–Kier alpha value is -4.10. The zero-order valence-corrected chi connectivity index (χ0v) is 23.5. The molecular weight excluding hydrogens is 575 g/mol. The molecule has 0 amide bonds. The van der Waals surface area contributed by atoms with Crippen molar-refractivity contribution in [2.45, 2.75) is 38.4 Å². The summed E-state index contributed by atoms with van der Waals surface area (Å²) in [6.07, 6.45) is -1.61. The lowest BCUT2D eigenvalue weighted by molar-refractivity contribution is -0.165. The van der Waals surface area contributed by atoms with Gasteiger partial charge in [-0.3, -0.25) is 18.7 Å². The first kappa shape index (κ1) is 28.4. The van der Waals surface area contributed by atoms with Crippen LogP contribution in [0.3, 0.4) is 0 Å². The zero-order valence-electron chi connectivity index (χ0n) is 21.8. The summed E-state index contributed by atoms with van der Waals surface area (Å²) in [6, 6.07) is 16.7. The average Bonchev–Trinajstić information content (AvgIpc) is 3.50. The maximum absolute atomic E-state index is 13.9. The molecule has 15 heteroatoms. The van der Waals surface area contributed by atoms with Gasteiger partial charge in [0.15, 0.2) is 23.1 Å². The van der Waals surface area contributed by atoms with Crippen LogP contribution < -0.4 is 9.05 Å². The van der Waals surface area contributed by atoms with E-state index in [4.69, 9.17) is 40.0 Å². The molecule has 13 nitrogen and oxygen atoms in total. The Bertz CT molecular complexity index is 1590. The molecule has 0 spiro atoms. The second-order valence-corrected chi connectivity index (χ2v) is 10.7. The summed E-state index contributed by atoms with van der Waals surface area (Å²) in [5.41, 5.74) is 0.814. The summed E-state index contributed by atoms with van der Waals surface area (Å²) in [5, 5.41) is 0. The Morgan fingerprint density at radius 3 is 2.12 bits per heavy atom. The number of phosphoric acid groups is 1. The topological polar surface area (TPSA) is 153 Å². The smallest absolute Gasteiger partial charge is 0.456 e. The Morgan fingerprint density at radius 2 is 1.54 bits per heavy atom. The van der Waals surface area contributed by atoms with Crippen molar-refractivity contribution in [3.8, 4) is 11.5 Å². The van der Waals surface area contributed by atoms with Crippen LogP contribution in [0, 0.1) is 4.64 Å². The Kier molecular flexibility index (Phi) is 8.45. The minimum atomic E-state index is -4.32. The van der Waals surface area contributed by atoms with Crippen LogP contribution in [-0.2, 0) is 32.9 Å². The number of phosphoric ester groups is 1. The van der Waals surface area contributed by atoms with E-state index in [1.165, 1.54) is 31.1 Å². The SMILES string of the molecule is CC(=O)OC1C(COP(=O)(Oc2ccccc2)Oc2ccccc2)OC(n2cnc3c(=S)nc[nH]c32)C1OC(C)=O. The lowest BCUT2D eigenvalue weighted by Gasteiger charge is -2.24. The highest BCUT2D eigenvalue weighted by atomic mass is 32.1. The molecule has 4 unspecified atom stereocenters. The third kappa shape index (κ3) is 6.63. The van der Waals surface area contributed by atoms with Crippen molar-refractivity contribution in [3.05, 3.63) is 78.0 Å². The van der Waals surface area contributed by atoms with Crippen molar-refractivity contribution in [1.82, 2.24) is 19.5 Å². The molecule has 0 saturated carbocycles. The van der Waals surface area contributed by atoms with Crippen molar-refractivity contribution in [2.24, 2.45) is 0 Å². The van der Waals surface area contributed by atoms with E-state index in [2.05, 4.69) is 15.0 Å². The van der Waals surface area contributed by atoms with Crippen molar-refractivity contribution in [3.63, 3.8) is 0 Å². The average molecular weight is 601 g/mol. The standard InChI is InChI=1S/C26H25N4O9PS/c1-16(31)35-22-20(13-34-40(33,38-18-9-5-3-6-10-18)39-19-11-7-4-8-12-19)37-26(23(22)36-17(2)32)30-15-29-21-24(30)27-14-28-25(21)41/h3-12,14-15,20,22-23,26H,13H2,1-2H3,(H,27,28,41). The predicted octanol–water partition coefficient (Wildman–Crippen LogP) is 4.53. The maximum atomic E-state index is 13.9. The summed E-state index contributed by atoms with van der Waals surface area (Å²) in [4.78, 5) is 35.5. The minimum Gasteiger partial charge on any atom is -0.456 e. The number of hydrogen-bond acceptors (Lipinski definition) is 12. The maximum Gasteiger partial charge on any atom is 0.587 e. The van der Waals surface area contributed by atoms with Gasteiger partial charge in [0.2, 0.25) is 0 Å². The molecule has 0 radical (unpaired) electrons. The van der Waals surface area contributed by atoms with Gasteiger partial charge in [0.05, 0.1) is 19.3 Å². The third-order valence-corrected chi connectivity index (χ3v) is 7.49. The Labute approximate surface area is 238 Å². The number of carbonyl (C=O) groups excluding carboxylic acids is 2. The van der Waals surface area contributed by atoms with E-state index in [1.54, 1.807) is 60.7 Å². The molecular formula is C26H25N4O9PS. The zero-order chi connectivity index (χ0) is 29.0. The highest BCUT2D eigenvalue weighted by Gasteiger charge is 2.51. The number of aromatic amines is 1. The van der Waals surface area contributed by atoms with Crippen molar-refractivity contribution < 1.29 is 41.9 Å². The van der Waals surface area contributed by atoms with Crippen molar-refractivity contribution >= 4 is 43.1 Å². The molecule has 3 heterocycles. The van der Waals surface area contributed by atoms with Crippen LogP contribution in [0.2, 0.25) is 0 Å². The molecule has 1 aliphatic rings. The molecule has 4 aromatic rings. The van der Waals surface area contributed by atoms with Crippen LogP contribution in [0.1, 0.15) is 20.1 Å². The molecule has 1 saturated heterocycles. The summed E-state index contributed by atoms with van der Waals surface area (Å²) >= 11 is 5.25. The summed E-state index contributed by atoms with van der Waals surface area (Å²) < 4.78 is 50.0. The second kappa shape index (κ2) is 12.2. The highest BCUT2D eigenvalue weighted by Crippen LogP contribution is 2.50. The summed E-state index contributed by atoms with van der Waals surface area (Å²) in [7, 11) is -4.32. The molecule has 1 fully saturated rings. The molecule has 0 bridgehead atoms. The third-order valence-electron chi connectivity index (χ3n) is 5.86. The van der Waals surface area contributed by atoms with E-state index in [-0.39, 0.29) is 16.1 Å². The fourth-order valence-electron chi connectivity index (χ4n) is 4.24. The molecule has 1 N–H and O–H groups in total. The largest absolute Gasteiger partial charge is 0.587 e. The summed E-state index contributed by atoms with van der Waals surface area (Å²) in [6.45, 7) is 1.98. The Balaban J connectivity index is 1.46. The first-order valence-corrected chi connectivity index (χ1v) is 14.2. The first-order valence-electron chi connectivity index (χ1n) is 12.4. The van der Waals surface area contributed by atoms with Gasteiger partial charge in [-0.2, -0.15) is 0 Å². The van der Waals surface area contributed by atoms with E-state index in [0.717, 1.165) is 0 Å². The van der Waals surface area contributed by atoms with E-state index in [9.17, 15) is 14.2 Å². The summed E-state index contributed by atoms with van der Waals surface area (Å²) in [5.74, 6) is -0.836. The number of ether oxygens (including phenoxy) is 3. The molecule has 5 rings (SSSR count). The van der Waals surface area contributed by atoms with Crippen LogP contribution in [-0.4, -0.2) is 56.4 Å². The van der Waals surface area contributed by atoms with Crippen molar-refractivity contribution in [2.75, 3.05) is 6.61 Å². The number of para-hydroxylation sites is 2. The fourth-order valence-corrected chi connectivity index (χ4v) is 5.67. The molecule has 2 aromatic carbocycles. The van der Waals surface area contributed by atoms with Gasteiger partial charge in [-0.05, 0) is 24.3 Å². The number of aromatic nitrogens is 4. The number of H-pyrrole nitrogens is 1.